The summed E-state index contributed by atoms with van der Waals surface area (Å²) in [5.74, 6) is 4.22. The van der Waals surface area contributed by atoms with Gasteiger partial charge in [0.15, 0.2) is 0 Å². The molecule has 0 unspecified atom stereocenters. The van der Waals surface area contributed by atoms with Crippen LogP contribution in [-0.4, -0.2) is 39.5 Å². The molecule has 4 fully saturated rings. The van der Waals surface area contributed by atoms with Gasteiger partial charge in [-0.1, -0.05) is 20.8 Å². The summed E-state index contributed by atoms with van der Waals surface area (Å²) in [4.78, 5) is 11.7. The Bertz CT molecular complexity index is 649. The molecular weight excluding hydrogens is 388 g/mol. The highest BCUT2D eigenvalue weighted by Crippen LogP contribution is 2.68. The third-order valence-corrected chi connectivity index (χ3v) is 11.0. The number of rotatable bonds is 6. The van der Waals surface area contributed by atoms with Crippen molar-refractivity contribution in [3.05, 3.63) is 0 Å². The predicted octanol–water partition coefficient (Wildman–Crippen LogP) is 5.87. The summed E-state index contributed by atoms with van der Waals surface area (Å²) in [6.07, 6.45) is 12.7. The highest BCUT2D eigenvalue weighted by Gasteiger charge is 2.63. The van der Waals surface area contributed by atoms with Gasteiger partial charge in [-0.25, -0.2) is 0 Å². The molecule has 0 spiro atoms. The first kappa shape index (κ1) is 23.5. The summed E-state index contributed by atoms with van der Waals surface area (Å²) >= 11 is 0. The zero-order valence-electron chi connectivity index (χ0n) is 20.8. The van der Waals surface area contributed by atoms with E-state index < -0.39 is 0 Å². The topological polar surface area (TPSA) is 44.8 Å². The lowest BCUT2D eigenvalue weighted by Gasteiger charge is -2.63. The van der Waals surface area contributed by atoms with Gasteiger partial charge in [0, 0.05) is 20.6 Å². The summed E-state index contributed by atoms with van der Waals surface area (Å²) in [5, 5.41) is 0. The van der Waals surface area contributed by atoms with E-state index in [1.165, 1.54) is 58.5 Å². The van der Waals surface area contributed by atoms with Crippen molar-refractivity contribution in [2.24, 2.45) is 46.3 Å². The summed E-state index contributed by atoms with van der Waals surface area (Å²) in [7, 11) is 5.35. The van der Waals surface area contributed by atoms with E-state index in [0.717, 1.165) is 30.1 Å². The molecule has 0 radical (unpaired) electrons. The molecule has 178 valence electrons. The zero-order chi connectivity index (χ0) is 22.4. The Labute approximate surface area is 190 Å². The summed E-state index contributed by atoms with van der Waals surface area (Å²) in [5.41, 5.74) is 0.838. The molecule has 0 heterocycles. The second-order valence-electron chi connectivity index (χ2n) is 12.0. The van der Waals surface area contributed by atoms with Crippen molar-refractivity contribution in [3.8, 4) is 0 Å². The first-order valence-electron chi connectivity index (χ1n) is 12.9. The molecule has 0 aromatic rings. The normalized spacial score (nSPS) is 47.7. The second kappa shape index (κ2) is 8.97. The highest BCUT2D eigenvalue weighted by atomic mass is 16.5. The Balaban J connectivity index is 1.54. The maximum atomic E-state index is 11.7. The monoisotopic (exact) mass is 434 g/mol. The molecule has 4 rings (SSSR count). The molecule has 0 saturated heterocycles. The van der Waals surface area contributed by atoms with Crippen LogP contribution in [0.5, 0.6) is 0 Å². The van der Waals surface area contributed by atoms with Crippen molar-refractivity contribution >= 4 is 5.97 Å². The molecule has 0 N–H and O–H groups in total. The number of esters is 1. The van der Waals surface area contributed by atoms with Crippen LogP contribution in [0.2, 0.25) is 0 Å². The molecule has 0 amide bonds. The van der Waals surface area contributed by atoms with Crippen LogP contribution in [0.15, 0.2) is 0 Å². The van der Waals surface area contributed by atoms with Gasteiger partial charge < -0.3 is 14.2 Å². The minimum atomic E-state index is -0.0624. The van der Waals surface area contributed by atoms with Gasteiger partial charge >= 0.3 is 5.97 Å². The van der Waals surface area contributed by atoms with Crippen molar-refractivity contribution in [3.63, 3.8) is 0 Å². The van der Waals surface area contributed by atoms with Crippen molar-refractivity contribution < 1.29 is 19.0 Å². The smallest absolute Gasteiger partial charge is 0.305 e. The van der Waals surface area contributed by atoms with Crippen LogP contribution >= 0.6 is 0 Å². The first-order valence-corrected chi connectivity index (χ1v) is 12.9. The van der Waals surface area contributed by atoms with Crippen molar-refractivity contribution in [2.75, 3.05) is 21.3 Å². The van der Waals surface area contributed by atoms with Crippen LogP contribution in [0.4, 0.5) is 0 Å². The molecule has 4 saturated carbocycles. The maximum Gasteiger partial charge on any atom is 0.305 e. The summed E-state index contributed by atoms with van der Waals surface area (Å²) in [6.45, 7) is 7.58. The summed E-state index contributed by atoms with van der Waals surface area (Å²) in [6, 6.07) is 0. The van der Waals surface area contributed by atoms with Gasteiger partial charge in [0.2, 0.25) is 0 Å². The van der Waals surface area contributed by atoms with E-state index in [0.29, 0.717) is 41.3 Å². The fourth-order valence-corrected chi connectivity index (χ4v) is 9.25. The van der Waals surface area contributed by atoms with Gasteiger partial charge in [0.05, 0.1) is 19.3 Å². The number of fused-ring (bicyclic) bond motifs is 5. The Morgan fingerprint density at radius 3 is 2.32 bits per heavy atom. The predicted molar refractivity (Wildman–Crippen MR) is 123 cm³/mol. The maximum absolute atomic E-state index is 11.7. The van der Waals surface area contributed by atoms with Crippen molar-refractivity contribution in [1.82, 2.24) is 0 Å². The van der Waals surface area contributed by atoms with E-state index in [1.807, 2.05) is 14.2 Å². The third-order valence-electron chi connectivity index (χ3n) is 11.0. The Morgan fingerprint density at radius 2 is 1.65 bits per heavy atom. The number of hydrogen-bond donors (Lipinski definition) is 0. The Hall–Kier alpha value is -0.610. The lowest BCUT2D eigenvalue weighted by Crippen LogP contribution is -2.59. The molecule has 4 nitrogen and oxygen atoms in total. The SMILES string of the molecule is COC(=O)CC[C@@H](C)[C@H]1CC[C@H]2[C@@H]3[C@H](OC)C[C@@H]4C[C@H](OC)CC[C@]4(C)[C@H]3CC[C@]12C. The van der Waals surface area contributed by atoms with E-state index in [9.17, 15) is 4.79 Å². The molecule has 0 aliphatic heterocycles. The molecule has 0 aromatic heterocycles. The minimum Gasteiger partial charge on any atom is -0.469 e. The first-order chi connectivity index (χ1) is 14.8. The van der Waals surface area contributed by atoms with Crippen LogP contribution in [-0.2, 0) is 19.0 Å². The van der Waals surface area contributed by atoms with Gasteiger partial charge in [-0.2, -0.15) is 0 Å². The lowest BCUT2D eigenvalue weighted by atomic mass is 9.43. The molecule has 31 heavy (non-hydrogen) atoms. The molecular formula is C27H46O4. The fraction of sp³-hybridized carbons (Fsp3) is 0.963. The standard InChI is InChI=1S/C27H46O4/c1-17(7-10-24(28)31-6)20-8-9-21-25-22(12-14-27(20,21)3)26(2)13-11-19(29-4)15-18(26)16-23(25)30-5/h17-23,25H,7-16H2,1-6H3/t17-,18+,19-,20-,21+,22+,23-,25+,26+,27-/m1/s1. The van der Waals surface area contributed by atoms with Crippen LogP contribution in [0.1, 0.15) is 85.0 Å². The number of hydrogen-bond acceptors (Lipinski definition) is 4. The molecule has 4 aliphatic carbocycles. The van der Waals surface area contributed by atoms with Crippen LogP contribution in [0.3, 0.4) is 0 Å². The highest BCUT2D eigenvalue weighted by molar-refractivity contribution is 5.69. The van der Waals surface area contributed by atoms with Gasteiger partial charge in [-0.3, -0.25) is 4.79 Å². The second-order valence-corrected chi connectivity index (χ2v) is 12.0. The molecule has 10 atom stereocenters. The van der Waals surface area contributed by atoms with E-state index >= 15 is 0 Å². The van der Waals surface area contributed by atoms with Gasteiger partial charge in [-0.05, 0) is 104 Å². The molecule has 0 aromatic carbocycles. The number of ether oxygens (including phenoxy) is 3. The van der Waals surface area contributed by atoms with Gasteiger partial charge in [0.25, 0.3) is 0 Å². The zero-order valence-corrected chi connectivity index (χ0v) is 20.8. The summed E-state index contributed by atoms with van der Waals surface area (Å²) < 4.78 is 17.0. The third kappa shape index (κ3) is 3.88. The fourth-order valence-electron chi connectivity index (χ4n) is 9.25. The van der Waals surface area contributed by atoms with E-state index in [1.54, 1.807) is 0 Å². The Kier molecular flexibility index (Phi) is 6.81. The van der Waals surface area contributed by atoms with E-state index in [4.69, 9.17) is 14.2 Å². The van der Waals surface area contributed by atoms with Crippen LogP contribution in [0.25, 0.3) is 0 Å². The largest absolute Gasteiger partial charge is 0.469 e. The number of carbonyl (C=O) groups excluding carboxylic acids is 1. The number of methoxy groups -OCH3 is 3. The molecule has 4 aliphatic rings. The lowest BCUT2D eigenvalue weighted by molar-refractivity contribution is -0.183. The van der Waals surface area contributed by atoms with Crippen molar-refractivity contribution in [1.29, 1.82) is 0 Å². The number of carbonyl (C=O) groups is 1. The molecule has 0 bridgehead atoms. The minimum absolute atomic E-state index is 0.0624. The van der Waals surface area contributed by atoms with Gasteiger partial charge in [0.1, 0.15) is 0 Å². The van der Waals surface area contributed by atoms with Crippen molar-refractivity contribution in [2.45, 2.75) is 97.2 Å². The Morgan fingerprint density at radius 1 is 0.935 bits per heavy atom. The van der Waals surface area contributed by atoms with Gasteiger partial charge in [-0.15, -0.1) is 0 Å². The van der Waals surface area contributed by atoms with Crippen LogP contribution < -0.4 is 0 Å². The van der Waals surface area contributed by atoms with Crippen LogP contribution in [0, 0.1) is 46.3 Å². The van der Waals surface area contributed by atoms with E-state index in [-0.39, 0.29) is 5.97 Å². The average Bonchev–Trinajstić information content (AvgIpc) is 3.13. The quantitative estimate of drug-likeness (QED) is 0.490. The van der Waals surface area contributed by atoms with E-state index in [2.05, 4.69) is 20.8 Å². The molecule has 4 heteroatoms. The average molecular weight is 435 g/mol.